The van der Waals surface area contributed by atoms with Gasteiger partial charge in [-0.15, -0.1) is 0 Å². The third kappa shape index (κ3) is 6.90. The second kappa shape index (κ2) is 10.7. The molecule has 0 aromatic heterocycles. The lowest BCUT2D eigenvalue weighted by atomic mass is 10.2. The molecule has 0 saturated carbocycles. The Kier molecular flexibility index (Phi) is 7.97. The van der Waals surface area contributed by atoms with E-state index in [0.717, 1.165) is 0 Å². The molecule has 1 unspecified atom stereocenters. The summed E-state index contributed by atoms with van der Waals surface area (Å²) >= 11 is 0. The van der Waals surface area contributed by atoms with Gasteiger partial charge in [0.15, 0.2) is 0 Å². The molecule has 0 fully saturated rings. The van der Waals surface area contributed by atoms with Crippen molar-refractivity contribution in [2.75, 3.05) is 0 Å². The van der Waals surface area contributed by atoms with E-state index in [1.54, 1.807) is 84.9 Å². The third-order valence-corrected chi connectivity index (χ3v) is 4.06. The average molecular weight is 384 g/mol. The Labute approximate surface area is 156 Å². The summed E-state index contributed by atoms with van der Waals surface area (Å²) in [6, 6.07) is 25.2. The fraction of sp³-hybridized carbons (Fsp3) is 0. The maximum atomic E-state index is 11.5. The van der Waals surface area contributed by atoms with Crippen LogP contribution in [0.25, 0.3) is 0 Å². The summed E-state index contributed by atoms with van der Waals surface area (Å²) in [5, 5.41) is 0.516. The molecule has 7 heteroatoms. The molecule has 3 rings (SSSR count). The predicted molar refractivity (Wildman–Crippen MR) is 101 cm³/mol. The van der Waals surface area contributed by atoms with Crippen LogP contribution in [0, 0.1) is 0 Å². The molecule has 0 aliphatic heterocycles. The van der Waals surface area contributed by atoms with Gasteiger partial charge in [-0.05, 0) is 36.4 Å². The van der Waals surface area contributed by atoms with E-state index in [9.17, 15) is 14.2 Å². The second-order valence-corrected chi connectivity index (χ2v) is 6.33. The third-order valence-electron chi connectivity index (χ3n) is 3.23. The van der Waals surface area contributed by atoms with Crippen LogP contribution in [0.15, 0.2) is 91.0 Å². The first-order chi connectivity index (χ1) is 13.1. The lowest BCUT2D eigenvalue weighted by molar-refractivity contribution is -0.187. The first-order valence-corrected chi connectivity index (χ1v) is 9.25. The van der Waals surface area contributed by atoms with Crippen molar-refractivity contribution in [2.45, 2.75) is 0 Å². The quantitative estimate of drug-likeness (QED) is 0.423. The summed E-state index contributed by atoms with van der Waals surface area (Å²) < 4.78 is 10.4. The molecule has 0 aliphatic carbocycles. The molecule has 0 amide bonds. The number of carbonyl (C=O) groups excluding carboxylic acids is 2. The molecule has 0 radical (unpaired) electrons. The van der Waals surface area contributed by atoms with Crippen LogP contribution >= 0.6 is 8.03 Å². The van der Waals surface area contributed by atoms with E-state index < -0.39 is 20.0 Å². The Morgan fingerprint density at radius 3 is 1.26 bits per heavy atom. The van der Waals surface area contributed by atoms with Crippen LogP contribution < -0.4 is 5.30 Å². The molecule has 3 aromatic carbocycles. The number of benzene rings is 3. The molecule has 6 nitrogen and oxygen atoms in total. The molecule has 138 valence electrons. The Balaban J connectivity index is 0.000000244. The van der Waals surface area contributed by atoms with E-state index in [1.165, 1.54) is 0 Å². The lowest BCUT2D eigenvalue weighted by Crippen LogP contribution is -2.11. The van der Waals surface area contributed by atoms with Crippen molar-refractivity contribution < 1.29 is 28.8 Å². The van der Waals surface area contributed by atoms with Crippen molar-refractivity contribution in [1.29, 1.82) is 0 Å². The van der Waals surface area contributed by atoms with Crippen molar-refractivity contribution in [3.8, 4) is 0 Å². The van der Waals surface area contributed by atoms with Gasteiger partial charge < -0.3 is 4.89 Å². The fourth-order valence-electron chi connectivity index (χ4n) is 1.90. The van der Waals surface area contributed by atoms with Crippen LogP contribution in [0.3, 0.4) is 0 Å². The Morgan fingerprint density at radius 2 is 0.963 bits per heavy atom. The van der Waals surface area contributed by atoms with Gasteiger partial charge in [-0.2, -0.15) is 0 Å². The van der Waals surface area contributed by atoms with Crippen LogP contribution in [-0.4, -0.2) is 16.8 Å². The normalized spacial score (nSPS) is 10.7. The van der Waals surface area contributed by atoms with Gasteiger partial charge in [0, 0.05) is 5.30 Å². The summed E-state index contributed by atoms with van der Waals surface area (Å²) in [7, 11) is -2.46. The van der Waals surface area contributed by atoms with E-state index in [2.05, 4.69) is 9.78 Å². The zero-order valence-corrected chi connectivity index (χ0v) is 15.1. The smallest absolute Gasteiger partial charge is 0.343 e. The minimum atomic E-state index is -2.46. The first kappa shape index (κ1) is 20.1. The van der Waals surface area contributed by atoms with Crippen molar-refractivity contribution in [2.24, 2.45) is 0 Å². The molecule has 1 atom stereocenters. The molecule has 0 aliphatic rings. The van der Waals surface area contributed by atoms with Crippen LogP contribution in [-0.2, 0) is 14.3 Å². The van der Waals surface area contributed by atoms with E-state index in [0.29, 0.717) is 16.4 Å². The Morgan fingerprint density at radius 1 is 0.630 bits per heavy atom. The molecule has 0 bridgehead atoms. The van der Waals surface area contributed by atoms with E-state index in [-0.39, 0.29) is 0 Å². The highest BCUT2D eigenvalue weighted by atomic mass is 31.1. The number of hydrogen-bond acceptors (Lipinski definition) is 5. The molecular weight excluding hydrogens is 367 g/mol. The van der Waals surface area contributed by atoms with Gasteiger partial charge in [-0.25, -0.2) is 19.4 Å². The van der Waals surface area contributed by atoms with Crippen LogP contribution in [0.1, 0.15) is 20.7 Å². The Bertz CT molecular complexity index is 831. The zero-order valence-electron chi connectivity index (χ0n) is 14.1. The summed E-state index contributed by atoms with van der Waals surface area (Å²) in [5.41, 5.74) is 0.636. The highest BCUT2D eigenvalue weighted by Gasteiger charge is 2.12. The highest BCUT2D eigenvalue weighted by Crippen LogP contribution is 2.10. The Hall–Kier alpha value is -3.21. The van der Waals surface area contributed by atoms with Gasteiger partial charge in [0.05, 0.1) is 11.1 Å². The maximum absolute atomic E-state index is 11.5. The fourth-order valence-corrected chi connectivity index (χ4v) is 2.38. The summed E-state index contributed by atoms with van der Waals surface area (Å²) in [5.74, 6) is -1.42. The van der Waals surface area contributed by atoms with Gasteiger partial charge >= 0.3 is 11.9 Å². The number of carbonyl (C=O) groups is 2. The minimum absolute atomic E-state index is 0.318. The van der Waals surface area contributed by atoms with Gasteiger partial charge in [-0.1, -0.05) is 54.6 Å². The molecule has 1 N–H and O–H groups in total. The summed E-state index contributed by atoms with van der Waals surface area (Å²) in [6.07, 6.45) is 0. The van der Waals surface area contributed by atoms with Crippen LogP contribution in [0.2, 0.25) is 0 Å². The zero-order chi connectivity index (χ0) is 19.5. The first-order valence-electron chi connectivity index (χ1n) is 7.89. The van der Waals surface area contributed by atoms with E-state index in [4.69, 9.17) is 4.89 Å². The minimum Gasteiger partial charge on any atom is -0.343 e. The number of hydrogen-bond donors (Lipinski definition) is 1. The lowest BCUT2D eigenvalue weighted by Gasteiger charge is -2.02. The van der Waals surface area contributed by atoms with Crippen molar-refractivity contribution in [3.63, 3.8) is 0 Å². The summed E-state index contributed by atoms with van der Waals surface area (Å²) in [6.45, 7) is 0. The SMILES string of the molecule is O=C(OOC(=O)c1ccccc1)c1ccccc1.O=[PH](O)c1ccccc1. The predicted octanol–water partition coefficient (Wildman–Crippen LogP) is 3.39. The molecular formula is C20H17O6P. The molecule has 0 spiro atoms. The van der Waals surface area contributed by atoms with Gasteiger partial charge in [0.1, 0.15) is 0 Å². The van der Waals surface area contributed by atoms with Crippen LogP contribution in [0.5, 0.6) is 0 Å². The standard InChI is InChI=1S/C14H10O4.C6H7O2P/c15-13(11-7-3-1-4-8-11)17-18-14(16)12-9-5-2-6-10-12;7-9(8)6-4-2-1-3-5-6/h1-10H;1-5,9H,(H,7,8). The van der Waals surface area contributed by atoms with Crippen molar-refractivity contribution in [3.05, 3.63) is 102 Å². The van der Waals surface area contributed by atoms with Crippen molar-refractivity contribution in [1.82, 2.24) is 0 Å². The molecule has 27 heavy (non-hydrogen) atoms. The number of rotatable bonds is 3. The van der Waals surface area contributed by atoms with Gasteiger partial charge in [0.25, 0.3) is 0 Å². The second-order valence-electron chi connectivity index (χ2n) is 5.14. The van der Waals surface area contributed by atoms with E-state index in [1.807, 2.05) is 6.07 Å². The van der Waals surface area contributed by atoms with Gasteiger partial charge in [-0.3, -0.25) is 4.57 Å². The molecule has 0 heterocycles. The van der Waals surface area contributed by atoms with Crippen LogP contribution in [0.4, 0.5) is 0 Å². The monoisotopic (exact) mass is 384 g/mol. The highest BCUT2D eigenvalue weighted by molar-refractivity contribution is 7.47. The summed E-state index contributed by atoms with van der Waals surface area (Å²) in [4.78, 5) is 40.4. The molecule has 0 saturated heterocycles. The molecule has 3 aromatic rings. The largest absolute Gasteiger partial charge is 0.386 e. The van der Waals surface area contributed by atoms with E-state index >= 15 is 0 Å². The average Bonchev–Trinajstić information content (AvgIpc) is 2.74. The maximum Gasteiger partial charge on any atom is 0.386 e. The van der Waals surface area contributed by atoms with Gasteiger partial charge in [0.2, 0.25) is 8.03 Å². The topological polar surface area (TPSA) is 89.9 Å². The van der Waals surface area contributed by atoms with Crippen molar-refractivity contribution >= 4 is 25.3 Å².